The molecule has 0 bridgehead atoms. The molecule has 164 valence electrons. The van der Waals surface area contributed by atoms with Crippen molar-refractivity contribution in [3.63, 3.8) is 0 Å². The number of carbonyl (C=O) groups is 1. The Hall–Kier alpha value is -3.79. The molecule has 0 radical (unpaired) electrons. The van der Waals surface area contributed by atoms with Crippen molar-refractivity contribution in [1.82, 2.24) is 19.2 Å². The molecule has 0 saturated carbocycles. The Balaban J connectivity index is 1.55. The van der Waals surface area contributed by atoms with Gasteiger partial charge < -0.3 is 14.8 Å². The molecule has 32 heavy (non-hydrogen) atoms. The molecule has 0 aliphatic rings. The first-order chi connectivity index (χ1) is 15.5. The summed E-state index contributed by atoms with van der Waals surface area (Å²) < 4.78 is 13.5. The molecule has 1 N–H and O–H groups in total. The predicted molar refractivity (Wildman–Crippen MR) is 122 cm³/mol. The van der Waals surface area contributed by atoms with Crippen molar-refractivity contribution in [1.29, 1.82) is 0 Å². The quantitative estimate of drug-likeness (QED) is 0.431. The fourth-order valence-corrected chi connectivity index (χ4v) is 3.93. The monoisotopic (exact) mass is 451 g/mol. The zero-order valence-electron chi connectivity index (χ0n) is 17.7. The number of rotatable bonds is 7. The lowest BCUT2D eigenvalue weighted by atomic mass is 10.3. The molecular weight excluding hydrogens is 430 g/mol. The SMILES string of the molecule is COc1ccc(NC(=O)C(C)Sc2nnc3c(=O)n(-c4ccccc4OC)ccn23)cc1. The molecule has 2 aromatic carbocycles. The number of anilines is 1. The number of carbonyl (C=O) groups excluding carboxylic acids is 1. The molecule has 1 unspecified atom stereocenters. The second-order valence-electron chi connectivity index (χ2n) is 6.80. The summed E-state index contributed by atoms with van der Waals surface area (Å²) in [6, 6.07) is 14.3. The van der Waals surface area contributed by atoms with Crippen LogP contribution in [0.15, 0.2) is 70.9 Å². The van der Waals surface area contributed by atoms with Crippen LogP contribution in [0.5, 0.6) is 11.5 Å². The van der Waals surface area contributed by atoms with Gasteiger partial charge in [-0.2, -0.15) is 0 Å². The van der Waals surface area contributed by atoms with Crippen LogP contribution < -0.4 is 20.3 Å². The van der Waals surface area contributed by atoms with E-state index in [1.165, 1.54) is 16.3 Å². The molecule has 0 aliphatic carbocycles. The van der Waals surface area contributed by atoms with Gasteiger partial charge in [0.1, 0.15) is 11.5 Å². The minimum atomic E-state index is -0.471. The average molecular weight is 452 g/mol. The molecule has 10 heteroatoms. The van der Waals surface area contributed by atoms with Gasteiger partial charge in [0.15, 0.2) is 5.16 Å². The van der Waals surface area contributed by atoms with Gasteiger partial charge in [-0.1, -0.05) is 23.9 Å². The molecule has 2 heterocycles. The lowest BCUT2D eigenvalue weighted by Gasteiger charge is -2.12. The van der Waals surface area contributed by atoms with E-state index in [1.807, 2.05) is 12.1 Å². The smallest absolute Gasteiger partial charge is 0.300 e. The number of benzene rings is 2. The van der Waals surface area contributed by atoms with Crippen LogP contribution in [0, 0.1) is 0 Å². The maximum Gasteiger partial charge on any atom is 0.300 e. The second kappa shape index (κ2) is 9.15. The number of hydrogen-bond acceptors (Lipinski definition) is 7. The molecular formula is C22H21N5O4S. The highest BCUT2D eigenvalue weighted by Gasteiger charge is 2.20. The van der Waals surface area contributed by atoms with Gasteiger partial charge in [0.05, 0.1) is 25.2 Å². The Labute approximate surface area is 188 Å². The number of fused-ring (bicyclic) bond motifs is 1. The van der Waals surface area contributed by atoms with Gasteiger partial charge in [-0.05, 0) is 43.3 Å². The van der Waals surface area contributed by atoms with Crippen molar-refractivity contribution in [2.75, 3.05) is 19.5 Å². The first kappa shape index (κ1) is 21.4. The van der Waals surface area contributed by atoms with Crippen molar-refractivity contribution in [2.24, 2.45) is 0 Å². The minimum Gasteiger partial charge on any atom is -0.497 e. The number of hydrogen-bond donors (Lipinski definition) is 1. The van der Waals surface area contributed by atoms with E-state index in [9.17, 15) is 9.59 Å². The van der Waals surface area contributed by atoms with Crippen LogP contribution in [0.25, 0.3) is 11.3 Å². The normalized spacial score (nSPS) is 11.8. The summed E-state index contributed by atoms with van der Waals surface area (Å²) in [4.78, 5) is 25.6. The summed E-state index contributed by atoms with van der Waals surface area (Å²) in [5, 5.41) is 11.0. The Bertz CT molecular complexity index is 1320. The number of thioether (sulfide) groups is 1. The van der Waals surface area contributed by atoms with Crippen molar-refractivity contribution in [3.8, 4) is 17.2 Å². The maximum absolute atomic E-state index is 13.0. The van der Waals surface area contributed by atoms with Gasteiger partial charge in [-0.3, -0.25) is 18.6 Å². The summed E-state index contributed by atoms with van der Waals surface area (Å²) in [6.45, 7) is 1.76. The van der Waals surface area contributed by atoms with Crippen LogP contribution >= 0.6 is 11.8 Å². The summed E-state index contributed by atoms with van der Waals surface area (Å²) in [6.07, 6.45) is 3.32. The molecule has 0 spiro atoms. The average Bonchev–Trinajstić information content (AvgIpc) is 3.23. The van der Waals surface area contributed by atoms with E-state index in [0.717, 1.165) is 0 Å². The fourth-order valence-electron chi connectivity index (χ4n) is 3.09. The van der Waals surface area contributed by atoms with Crippen molar-refractivity contribution in [2.45, 2.75) is 17.3 Å². The van der Waals surface area contributed by atoms with E-state index in [-0.39, 0.29) is 17.1 Å². The largest absolute Gasteiger partial charge is 0.497 e. The number of nitrogens with one attached hydrogen (secondary N) is 1. The number of ether oxygens (including phenoxy) is 2. The van der Waals surface area contributed by atoms with Crippen LogP contribution in [-0.2, 0) is 4.79 Å². The highest BCUT2D eigenvalue weighted by Crippen LogP contribution is 2.24. The third-order valence-electron chi connectivity index (χ3n) is 4.79. The molecule has 0 fully saturated rings. The van der Waals surface area contributed by atoms with E-state index in [4.69, 9.17) is 9.47 Å². The van der Waals surface area contributed by atoms with Gasteiger partial charge in [-0.25, -0.2) is 0 Å². The number of methoxy groups -OCH3 is 2. The first-order valence-corrected chi connectivity index (χ1v) is 10.6. The zero-order chi connectivity index (χ0) is 22.7. The van der Waals surface area contributed by atoms with Crippen LogP contribution in [0.1, 0.15) is 6.92 Å². The molecule has 9 nitrogen and oxygen atoms in total. The Morgan fingerprint density at radius 1 is 1.03 bits per heavy atom. The number of para-hydroxylation sites is 2. The molecule has 4 aromatic rings. The maximum atomic E-state index is 13.0. The van der Waals surface area contributed by atoms with Gasteiger partial charge in [0, 0.05) is 18.1 Å². The van der Waals surface area contributed by atoms with Crippen LogP contribution in [-0.4, -0.2) is 44.5 Å². The lowest BCUT2D eigenvalue weighted by Crippen LogP contribution is -2.23. The summed E-state index contributed by atoms with van der Waals surface area (Å²) in [5.41, 5.74) is 1.08. The summed E-state index contributed by atoms with van der Waals surface area (Å²) in [5.74, 6) is 1.08. The summed E-state index contributed by atoms with van der Waals surface area (Å²) in [7, 11) is 3.13. The number of aromatic nitrogens is 4. The van der Waals surface area contributed by atoms with Crippen molar-refractivity contribution >= 4 is 29.0 Å². The molecule has 1 atom stereocenters. The molecule has 0 aliphatic heterocycles. The van der Waals surface area contributed by atoms with Gasteiger partial charge in [-0.15, -0.1) is 10.2 Å². The minimum absolute atomic E-state index is 0.156. The van der Waals surface area contributed by atoms with Crippen LogP contribution in [0.2, 0.25) is 0 Å². The second-order valence-corrected chi connectivity index (χ2v) is 8.11. The van der Waals surface area contributed by atoms with Gasteiger partial charge in [0.25, 0.3) is 0 Å². The van der Waals surface area contributed by atoms with E-state index in [0.29, 0.717) is 28.0 Å². The van der Waals surface area contributed by atoms with Crippen LogP contribution in [0.4, 0.5) is 5.69 Å². The van der Waals surface area contributed by atoms with E-state index < -0.39 is 5.25 Å². The van der Waals surface area contributed by atoms with Crippen molar-refractivity contribution < 1.29 is 14.3 Å². The van der Waals surface area contributed by atoms with Gasteiger partial charge in [0.2, 0.25) is 11.6 Å². The van der Waals surface area contributed by atoms with E-state index >= 15 is 0 Å². The van der Waals surface area contributed by atoms with Crippen molar-refractivity contribution in [3.05, 3.63) is 71.3 Å². The zero-order valence-corrected chi connectivity index (χ0v) is 18.5. The fraction of sp³-hybridized carbons (Fsp3) is 0.182. The van der Waals surface area contributed by atoms with Crippen LogP contribution in [0.3, 0.4) is 0 Å². The highest BCUT2D eigenvalue weighted by molar-refractivity contribution is 8.00. The molecule has 0 saturated heterocycles. The topological polar surface area (TPSA) is 99.8 Å². The summed E-state index contributed by atoms with van der Waals surface area (Å²) >= 11 is 1.21. The Morgan fingerprint density at radius 2 is 1.78 bits per heavy atom. The lowest BCUT2D eigenvalue weighted by molar-refractivity contribution is -0.115. The van der Waals surface area contributed by atoms with E-state index in [1.54, 1.807) is 74.3 Å². The third kappa shape index (κ3) is 4.17. The standard InChI is InChI=1S/C22H21N5O4S/c1-14(20(28)23-15-8-10-16(30-2)11-9-15)32-22-25-24-19-21(29)26(12-13-27(19)22)17-6-4-5-7-18(17)31-3/h4-14H,1-3H3,(H,23,28). The highest BCUT2D eigenvalue weighted by atomic mass is 32.2. The number of amides is 1. The molecule has 4 rings (SSSR count). The first-order valence-electron chi connectivity index (χ1n) is 9.73. The molecule has 1 amide bonds. The molecule has 2 aromatic heterocycles. The number of nitrogens with zero attached hydrogens (tertiary/aromatic N) is 4. The van der Waals surface area contributed by atoms with E-state index in [2.05, 4.69) is 15.5 Å². The van der Waals surface area contributed by atoms with Gasteiger partial charge >= 0.3 is 5.56 Å². The third-order valence-corrected chi connectivity index (χ3v) is 5.85. The predicted octanol–water partition coefficient (Wildman–Crippen LogP) is 3.02. The Morgan fingerprint density at radius 3 is 2.50 bits per heavy atom. The Kier molecular flexibility index (Phi) is 6.13.